The van der Waals surface area contributed by atoms with Crippen LogP contribution in [0.25, 0.3) is 9.88 Å². The zero-order valence-electron chi connectivity index (χ0n) is 19.8. The summed E-state index contributed by atoms with van der Waals surface area (Å²) in [6.07, 6.45) is 4.09. The van der Waals surface area contributed by atoms with Crippen LogP contribution in [0.4, 0.5) is 0 Å². The van der Waals surface area contributed by atoms with E-state index in [4.69, 9.17) is 4.74 Å². The molecule has 2 aromatic heterocycles. The lowest BCUT2D eigenvalue weighted by atomic mass is 9.77. The number of carbonyl (C=O) groups excluding carboxylic acids is 2. The average molecular weight is 512 g/mol. The molecule has 0 bridgehead atoms. The Bertz CT molecular complexity index is 1170. The Morgan fingerprint density at radius 2 is 1.83 bits per heavy atom. The summed E-state index contributed by atoms with van der Waals surface area (Å²) in [7, 11) is 0. The van der Waals surface area contributed by atoms with E-state index in [-0.39, 0.29) is 17.2 Å². The smallest absolute Gasteiger partial charge is 0.273 e. The first-order valence-electron chi connectivity index (χ1n) is 12.0. The van der Waals surface area contributed by atoms with Gasteiger partial charge >= 0.3 is 0 Å². The summed E-state index contributed by atoms with van der Waals surface area (Å²) in [5.74, 6) is 1.03. The number of likely N-dealkylation sites (tertiary alicyclic amines) is 2. The summed E-state index contributed by atoms with van der Waals surface area (Å²) in [5.41, 5.74) is 1.45. The standard InChI is InChI=1S/C25H29N5O3S2/c1-18-22(35-28-27-18)23-26-20(16-34-23)24(32)30-14-11-25(17-30)9-12-29(13-10-25)21(31)8-5-15-33-19-6-3-2-4-7-19/h2-4,6-7,16H,5,8-15,17H2,1H3. The highest BCUT2D eigenvalue weighted by molar-refractivity contribution is 7.18. The number of aromatic nitrogens is 3. The van der Waals surface area contributed by atoms with Crippen LogP contribution in [0.2, 0.25) is 0 Å². The minimum absolute atomic E-state index is 0.00331. The molecule has 0 atom stereocenters. The van der Waals surface area contributed by atoms with Gasteiger partial charge in [0, 0.05) is 38.0 Å². The highest BCUT2D eigenvalue weighted by Gasteiger charge is 2.43. The van der Waals surface area contributed by atoms with Gasteiger partial charge in [-0.3, -0.25) is 9.59 Å². The van der Waals surface area contributed by atoms with Crippen LogP contribution in [0.15, 0.2) is 35.7 Å². The Balaban J connectivity index is 1.08. The average Bonchev–Trinajstić information content (AvgIpc) is 3.63. The van der Waals surface area contributed by atoms with Crippen LogP contribution in [0.5, 0.6) is 5.75 Å². The monoisotopic (exact) mass is 511 g/mol. The molecule has 5 rings (SSSR count). The van der Waals surface area contributed by atoms with Crippen molar-refractivity contribution in [3.63, 3.8) is 0 Å². The van der Waals surface area contributed by atoms with E-state index in [9.17, 15) is 9.59 Å². The summed E-state index contributed by atoms with van der Waals surface area (Å²) >= 11 is 2.77. The van der Waals surface area contributed by atoms with E-state index in [0.717, 1.165) is 66.8 Å². The van der Waals surface area contributed by atoms with Crippen LogP contribution < -0.4 is 4.74 Å². The normalized spacial score (nSPS) is 17.2. The van der Waals surface area contributed by atoms with E-state index < -0.39 is 0 Å². The van der Waals surface area contributed by atoms with Gasteiger partial charge in [-0.15, -0.1) is 16.4 Å². The first-order chi connectivity index (χ1) is 17.0. The Morgan fingerprint density at radius 1 is 1.09 bits per heavy atom. The van der Waals surface area contributed by atoms with Gasteiger partial charge in [0.1, 0.15) is 21.3 Å². The Hall–Kier alpha value is -2.85. The molecule has 10 heteroatoms. The van der Waals surface area contributed by atoms with Crippen LogP contribution in [0.1, 0.15) is 48.3 Å². The maximum atomic E-state index is 13.1. The molecule has 0 aliphatic carbocycles. The van der Waals surface area contributed by atoms with Gasteiger partial charge < -0.3 is 14.5 Å². The number of piperidine rings is 1. The molecule has 2 amide bonds. The molecular weight excluding hydrogens is 482 g/mol. The van der Waals surface area contributed by atoms with Gasteiger partial charge in [0.05, 0.1) is 12.3 Å². The number of hydrogen-bond donors (Lipinski definition) is 0. The van der Waals surface area contributed by atoms with Crippen LogP contribution in [-0.4, -0.2) is 69.0 Å². The van der Waals surface area contributed by atoms with Crippen molar-refractivity contribution >= 4 is 34.7 Å². The van der Waals surface area contributed by atoms with Crippen LogP contribution in [0.3, 0.4) is 0 Å². The van der Waals surface area contributed by atoms with Gasteiger partial charge in [-0.1, -0.05) is 22.7 Å². The lowest BCUT2D eigenvalue weighted by molar-refractivity contribution is -0.133. The van der Waals surface area contributed by atoms with Crippen molar-refractivity contribution in [3.8, 4) is 15.6 Å². The van der Waals surface area contributed by atoms with Crippen LogP contribution in [-0.2, 0) is 4.79 Å². The fourth-order valence-corrected chi connectivity index (χ4v) is 6.48. The third-order valence-corrected chi connectivity index (χ3v) is 8.84. The first-order valence-corrected chi connectivity index (χ1v) is 13.7. The summed E-state index contributed by atoms with van der Waals surface area (Å²) in [5, 5.41) is 6.68. The number of para-hydroxylation sites is 1. The summed E-state index contributed by atoms with van der Waals surface area (Å²) in [6.45, 7) is 5.46. The Labute approximate surface area is 213 Å². The molecule has 2 aliphatic heterocycles. The molecule has 2 saturated heterocycles. The largest absolute Gasteiger partial charge is 0.494 e. The second-order valence-corrected chi connectivity index (χ2v) is 11.0. The van der Waals surface area contributed by atoms with Crippen molar-refractivity contribution in [3.05, 3.63) is 47.1 Å². The first kappa shape index (κ1) is 23.9. The molecule has 35 heavy (non-hydrogen) atoms. The number of ether oxygens (including phenoxy) is 1. The molecule has 4 heterocycles. The van der Waals surface area contributed by atoms with Gasteiger partial charge in [-0.2, -0.15) is 0 Å². The molecule has 184 valence electrons. The maximum Gasteiger partial charge on any atom is 0.273 e. The topological polar surface area (TPSA) is 88.5 Å². The second kappa shape index (κ2) is 10.4. The lowest BCUT2D eigenvalue weighted by Gasteiger charge is -2.39. The van der Waals surface area contributed by atoms with Crippen molar-refractivity contribution in [2.24, 2.45) is 5.41 Å². The molecule has 2 aliphatic rings. The van der Waals surface area contributed by atoms with Crippen molar-refractivity contribution in [2.45, 2.75) is 39.0 Å². The van der Waals surface area contributed by atoms with E-state index in [1.807, 2.05) is 52.4 Å². The second-order valence-electron chi connectivity index (χ2n) is 9.35. The van der Waals surface area contributed by atoms with Gasteiger partial charge in [-0.25, -0.2) is 4.98 Å². The third-order valence-electron chi connectivity index (χ3n) is 7.02. The highest BCUT2D eigenvalue weighted by atomic mass is 32.1. The number of nitrogens with zero attached hydrogens (tertiary/aromatic N) is 5. The van der Waals surface area contributed by atoms with E-state index >= 15 is 0 Å². The maximum absolute atomic E-state index is 13.1. The molecule has 0 N–H and O–H groups in total. The Morgan fingerprint density at radius 3 is 2.54 bits per heavy atom. The highest BCUT2D eigenvalue weighted by Crippen LogP contribution is 2.41. The van der Waals surface area contributed by atoms with Crippen molar-refractivity contribution < 1.29 is 14.3 Å². The molecular formula is C25H29N5O3S2. The number of amides is 2. The molecule has 8 nitrogen and oxygen atoms in total. The zero-order chi connectivity index (χ0) is 24.3. The fourth-order valence-electron chi connectivity index (χ4n) is 4.90. The molecule has 0 saturated carbocycles. The summed E-state index contributed by atoms with van der Waals surface area (Å²) < 4.78 is 9.67. The molecule has 3 aromatic rings. The lowest BCUT2D eigenvalue weighted by Crippen LogP contribution is -2.44. The van der Waals surface area contributed by atoms with Gasteiger partial charge in [0.15, 0.2) is 0 Å². The molecule has 1 spiro atoms. The number of rotatable bonds is 7. The Kier molecular flexibility index (Phi) is 7.10. The molecule has 0 unspecified atom stereocenters. The quantitative estimate of drug-likeness (QED) is 0.440. The fraction of sp³-hybridized carbons (Fsp3) is 0.480. The van der Waals surface area contributed by atoms with Gasteiger partial charge in [-0.05, 0) is 61.7 Å². The predicted molar refractivity (Wildman–Crippen MR) is 136 cm³/mol. The van der Waals surface area contributed by atoms with E-state index in [1.165, 1.54) is 22.9 Å². The number of hydrogen-bond acceptors (Lipinski definition) is 8. The van der Waals surface area contributed by atoms with Crippen molar-refractivity contribution in [2.75, 3.05) is 32.8 Å². The number of aryl methyl sites for hydroxylation is 1. The van der Waals surface area contributed by atoms with Crippen molar-refractivity contribution in [1.82, 2.24) is 24.4 Å². The SMILES string of the molecule is Cc1nnsc1-c1nc(C(=O)N2CCC3(CCN(C(=O)CCCOc4ccccc4)CC3)C2)cs1. The summed E-state index contributed by atoms with van der Waals surface area (Å²) in [4.78, 5) is 35.2. The van der Waals surface area contributed by atoms with Gasteiger partial charge in [0.25, 0.3) is 5.91 Å². The summed E-state index contributed by atoms with van der Waals surface area (Å²) in [6, 6.07) is 9.69. The predicted octanol–water partition coefficient (Wildman–Crippen LogP) is 4.28. The van der Waals surface area contributed by atoms with Crippen molar-refractivity contribution in [1.29, 1.82) is 0 Å². The molecule has 1 aromatic carbocycles. The minimum Gasteiger partial charge on any atom is -0.494 e. The van der Waals surface area contributed by atoms with E-state index in [1.54, 1.807) is 0 Å². The molecule has 0 radical (unpaired) electrons. The van der Waals surface area contributed by atoms with Crippen LogP contribution >= 0.6 is 22.9 Å². The van der Waals surface area contributed by atoms with E-state index in [0.29, 0.717) is 25.1 Å². The third kappa shape index (κ3) is 5.38. The molecule has 2 fully saturated rings. The zero-order valence-corrected chi connectivity index (χ0v) is 21.4. The number of carbonyl (C=O) groups is 2. The van der Waals surface area contributed by atoms with E-state index in [2.05, 4.69) is 14.6 Å². The van der Waals surface area contributed by atoms with Crippen LogP contribution in [0, 0.1) is 12.3 Å². The minimum atomic E-state index is -0.00331. The van der Waals surface area contributed by atoms with Gasteiger partial charge in [0.2, 0.25) is 5.91 Å². The number of benzene rings is 1. The number of thiazole rings is 1.